The van der Waals surface area contributed by atoms with Crippen LogP contribution in [0.5, 0.6) is 0 Å². The maximum atomic E-state index is 11.6. The molecule has 0 fully saturated rings. The van der Waals surface area contributed by atoms with Crippen LogP contribution < -0.4 is 5.43 Å². The SMILES string of the molecule is Cn1cccc1CC(=O)N/N=C\c1cccnc1. The van der Waals surface area contributed by atoms with Crippen molar-refractivity contribution in [3.8, 4) is 0 Å². The van der Waals surface area contributed by atoms with E-state index in [1.807, 2.05) is 42.1 Å². The van der Waals surface area contributed by atoms with Gasteiger partial charge in [0, 0.05) is 36.9 Å². The molecule has 1 N–H and O–H groups in total. The smallest absolute Gasteiger partial charge is 0.245 e. The summed E-state index contributed by atoms with van der Waals surface area (Å²) in [6.45, 7) is 0. The van der Waals surface area contributed by atoms with Crippen molar-refractivity contribution in [1.29, 1.82) is 0 Å². The zero-order valence-electron chi connectivity index (χ0n) is 10.1. The number of hydrazone groups is 1. The zero-order chi connectivity index (χ0) is 12.8. The highest BCUT2D eigenvalue weighted by molar-refractivity contribution is 5.82. The van der Waals surface area contributed by atoms with Gasteiger partial charge in [-0.25, -0.2) is 5.43 Å². The number of amides is 1. The molecule has 0 saturated heterocycles. The van der Waals surface area contributed by atoms with E-state index in [0.717, 1.165) is 11.3 Å². The first-order valence-electron chi connectivity index (χ1n) is 5.58. The fourth-order valence-electron chi connectivity index (χ4n) is 1.52. The summed E-state index contributed by atoms with van der Waals surface area (Å²) in [7, 11) is 1.90. The zero-order valence-corrected chi connectivity index (χ0v) is 10.1. The molecule has 2 aromatic heterocycles. The second-order valence-electron chi connectivity index (χ2n) is 3.87. The number of nitrogens with one attached hydrogen (secondary N) is 1. The minimum atomic E-state index is -0.142. The highest BCUT2D eigenvalue weighted by Gasteiger charge is 2.04. The number of carbonyl (C=O) groups is 1. The fraction of sp³-hybridized carbons (Fsp3) is 0.154. The monoisotopic (exact) mass is 242 g/mol. The van der Waals surface area contributed by atoms with Crippen LogP contribution in [0.25, 0.3) is 0 Å². The number of nitrogens with zero attached hydrogens (tertiary/aromatic N) is 3. The van der Waals surface area contributed by atoms with Crippen molar-refractivity contribution in [2.45, 2.75) is 6.42 Å². The van der Waals surface area contributed by atoms with Crippen LogP contribution in [0, 0.1) is 0 Å². The molecule has 2 rings (SSSR count). The summed E-state index contributed by atoms with van der Waals surface area (Å²) in [5, 5.41) is 3.88. The van der Waals surface area contributed by atoms with Crippen LogP contribution in [0.2, 0.25) is 0 Å². The third kappa shape index (κ3) is 3.28. The van der Waals surface area contributed by atoms with Gasteiger partial charge in [0.1, 0.15) is 0 Å². The normalized spacial score (nSPS) is 10.7. The van der Waals surface area contributed by atoms with E-state index < -0.39 is 0 Å². The van der Waals surface area contributed by atoms with Crippen molar-refractivity contribution in [3.05, 3.63) is 54.1 Å². The topological polar surface area (TPSA) is 59.3 Å². The first kappa shape index (κ1) is 12.0. The van der Waals surface area contributed by atoms with Crippen molar-refractivity contribution in [2.24, 2.45) is 12.1 Å². The van der Waals surface area contributed by atoms with Gasteiger partial charge in [-0.15, -0.1) is 0 Å². The quantitative estimate of drug-likeness (QED) is 0.645. The lowest BCUT2D eigenvalue weighted by Gasteiger charge is -2.01. The van der Waals surface area contributed by atoms with E-state index in [1.165, 1.54) is 0 Å². The van der Waals surface area contributed by atoms with Crippen LogP contribution in [-0.2, 0) is 18.3 Å². The number of rotatable bonds is 4. The van der Waals surface area contributed by atoms with Gasteiger partial charge >= 0.3 is 0 Å². The molecule has 0 saturated carbocycles. The molecule has 5 nitrogen and oxygen atoms in total. The maximum absolute atomic E-state index is 11.6. The fourth-order valence-corrected chi connectivity index (χ4v) is 1.52. The Morgan fingerprint density at radius 2 is 2.39 bits per heavy atom. The predicted octanol–water partition coefficient (Wildman–Crippen LogP) is 1.11. The lowest BCUT2D eigenvalue weighted by Crippen LogP contribution is -2.20. The van der Waals surface area contributed by atoms with Gasteiger partial charge in [-0.3, -0.25) is 9.78 Å². The van der Waals surface area contributed by atoms with E-state index in [-0.39, 0.29) is 5.91 Å². The van der Waals surface area contributed by atoms with Crippen molar-refractivity contribution in [3.63, 3.8) is 0 Å². The number of aromatic nitrogens is 2. The molecule has 92 valence electrons. The highest BCUT2D eigenvalue weighted by atomic mass is 16.2. The molecule has 0 aliphatic heterocycles. The van der Waals surface area contributed by atoms with Crippen LogP contribution >= 0.6 is 0 Å². The standard InChI is InChI=1S/C13H14N4O/c1-17-7-3-5-12(17)8-13(18)16-15-10-11-4-2-6-14-9-11/h2-7,9-10H,8H2,1H3,(H,16,18)/b15-10-. The Bertz CT molecular complexity index is 545. The van der Waals surface area contributed by atoms with Crippen molar-refractivity contribution in [1.82, 2.24) is 15.0 Å². The third-order valence-electron chi connectivity index (χ3n) is 2.48. The molecule has 2 aromatic rings. The van der Waals surface area contributed by atoms with E-state index in [4.69, 9.17) is 0 Å². The molecule has 0 aliphatic carbocycles. The molecule has 0 spiro atoms. The summed E-state index contributed by atoms with van der Waals surface area (Å²) in [5.41, 5.74) is 4.28. The highest BCUT2D eigenvalue weighted by Crippen LogP contribution is 2.00. The molecule has 18 heavy (non-hydrogen) atoms. The Hall–Kier alpha value is -2.43. The first-order chi connectivity index (χ1) is 8.75. The van der Waals surface area contributed by atoms with Gasteiger partial charge in [-0.2, -0.15) is 5.10 Å². The molecule has 0 bridgehead atoms. The predicted molar refractivity (Wildman–Crippen MR) is 69.1 cm³/mol. The molecule has 0 aromatic carbocycles. The molecular formula is C13H14N4O. The maximum Gasteiger partial charge on any atom is 0.245 e. The van der Waals surface area contributed by atoms with Crippen LogP contribution in [0.15, 0.2) is 48.0 Å². The van der Waals surface area contributed by atoms with Crippen LogP contribution in [0.1, 0.15) is 11.3 Å². The molecule has 0 atom stereocenters. The molecule has 0 unspecified atom stereocenters. The second-order valence-corrected chi connectivity index (χ2v) is 3.87. The van der Waals surface area contributed by atoms with Crippen molar-refractivity contribution in [2.75, 3.05) is 0 Å². The van der Waals surface area contributed by atoms with Gasteiger partial charge in [0.2, 0.25) is 5.91 Å². The van der Waals surface area contributed by atoms with E-state index >= 15 is 0 Å². The average molecular weight is 242 g/mol. The van der Waals surface area contributed by atoms with Gasteiger partial charge < -0.3 is 4.57 Å². The van der Waals surface area contributed by atoms with E-state index in [1.54, 1.807) is 18.6 Å². The Morgan fingerprint density at radius 1 is 1.50 bits per heavy atom. The van der Waals surface area contributed by atoms with Gasteiger partial charge in [-0.1, -0.05) is 6.07 Å². The molecule has 2 heterocycles. The number of hydrogen-bond acceptors (Lipinski definition) is 3. The summed E-state index contributed by atoms with van der Waals surface area (Å²) >= 11 is 0. The van der Waals surface area contributed by atoms with Gasteiger partial charge in [-0.05, 0) is 18.2 Å². The number of carbonyl (C=O) groups excluding carboxylic acids is 1. The van der Waals surface area contributed by atoms with Crippen molar-refractivity contribution >= 4 is 12.1 Å². The molecule has 5 heteroatoms. The molecule has 0 radical (unpaired) electrons. The molecule has 0 aliphatic rings. The van der Waals surface area contributed by atoms with Gasteiger partial charge in [0.25, 0.3) is 0 Å². The minimum absolute atomic E-state index is 0.142. The Kier molecular flexibility index (Phi) is 3.86. The average Bonchev–Trinajstić information content (AvgIpc) is 2.76. The first-order valence-corrected chi connectivity index (χ1v) is 5.58. The lowest BCUT2D eigenvalue weighted by atomic mass is 10.3. The lowest BCUT2D eigenvalue weighted by molar-refractivity contribution is -0.120. The van der Waals surface area contributed by atoms with E-state index in [9.17, 15) is 4.79 Å². The van der Waals surface area contributed by atoms with Gasteiger partial charge in [0.05, 0.1) is 12.6 Å². The number of hydrogen-bond donors (Lipinski definition) is 1. The molecule has 1 amide bonds. The third-order valence-corrected chi connectivity index (χ3v) is 2.48. The van der Waals surface area contributed by atoms with Crippen LogP contribution in [0.4, 0.5) is 0 Å². The summed E-state index contributed by atoms with van der Waals surface area (Å²) in [5.74, 6) is -0.142. The number of pyridine rings is 1. The second kappa shape index (κ2) is 5.77. The Labute approximate surface area is 105 Å². The minimum Gasteiger partial charge on any atom is -0.354 e. The van der Waals surface area contributed by atoms with E-state index in [2.05, 4.69) is 15.5 Å². The summed E-state index contributed by atoms with van der Waals surface area (Å²) in [4.78, 5) is 15.5. The Balaban J connectivity index is 1.86. The van der Waals surface area contributed by atoms with Crippen molar-refractivity contribution < 1.29 is 4.79 Å². The van der Waals surface area contributed by atoms with Crippen LogP contribution in [-0.4, -0.2) is 21.7 Å². The molecular weight excluding hydrogens is 228 g/mol. The summed E-state index contributed by atoms with van der Waals surface area (Å²) in [6, 6.07) is 7.49. The Morgan fingerprint density at radius 3 is 3.06 bits per heavy atom. The summed E-state index contributed by atoms with van der Waals surface area (Å²) < 4.78 is 1.91. The van der Waals surface area contributed by atoms with E-state index in [0.29, 0.717) is 6.42 Å². The summed E-state index contributed by atoms with van der Waals surface area (Å²) in [6.07, 6.45) is 7.14. The largest absolute Gasteiger partial charge is 0.354 e. The van der Waals surface area contributed by atoms with Crippen LogP contribution in [0.3, 0.4) is 0 Å². The number of aryl methyl sites for hydroxylation is 1. The van der Waals surface area contributed by atoms with Gasteiger partial charge in [0.15, 0.2) is 0 Å².